The van der Waals surface area contributed by atoms with E-state index >= 15 is 0 Å². The minimum absolute atomic E-state index is 0.0958. The second-order valence-electron chi connectivity index (χ2n) is 5.92. The van der Waals surface area contributed by atoms with Crippen LogP contribution >= 0.6 is 23.1 Å². The van der Waals surface area contributed by atoms with E-state index < -0.39 is 23.3 Å². The number of aliphatic imine (C=N–C) groups is 1. The minimum Gasteiger partial charge on any atom is -0.493 e. The Kier molecular flexibility index (Phi) is 5.80. The number of thiophene rings is 1. The molecule has 0 amide bonds. The van der Waals surface area contributed by atoms with Crippen LogP contribution in [0.4, 0.5) is 13.2 Å². The van der Waals surface area contributed by atoms with Gasteiger partial charge in [0.1, 0.15) is 5.83 Å². The molecule has 0 saturated heterocycles. The highest BCUT2D eigenvalue weighted by Crippen LogP contribution is 2.42. The van der Waals surface area contributed by atoms with Crippen LogP contribution in [0.2, 0.25) is 0 Å². The maximum Gasteiger partial charge on any atom is 0.307 e. The molecule has 1 aliphatic carbocycles. The van der Waals surface area contributed by atoms with Gasteiger partial charge in [-0.2, -0.15) is 8.78 Å². The molecule has 0 radical (unpaired) electrons. The van der Waals surface area contributed by atoms with Crippen molar-refractivity contribution in [2.24, 2.45) is 4.99 Å². The molecule has 0 unspecified atom stereocenters. The summed E-state index contributed by atoms with van der Waals surface area (Å²) >= 11 is 1.28. The zero-order valence-corrected chi connectivity index (χ0v) is 16.3. The lowest BCUT2D eigenvalue weighted by Gasteiger charge is -2.21. The fraction of sp³-hybridized carbons (Fsp3) is 0.278. The van der Waals surface area contributed by atoms with E-state index in [4.69, 9.17) is 4.74 Å². The number of ether oxygens (including phenoxy) is 1. The first kappa shape index (κ1) is 20.4. The molecule has 0 saturated carbocycles. The van der Waals surface area contributed by atoms with E-state index in [1.54, 1.807) is 6.92 Å². The largest absolute Gasteiger partial charge is 0.493 e. The number of thioether (sulfide) groups is 1. The highest BCUT2D eigenvalue weighted by molar-refractivity contribution is 8.01. The molecule has 1 aromatic rings. The van der Waals surface area contributed by atoms with Crippen molar-refractivity contribution in [3.63, 3.8) is 0 Å². The van der Waals surface area contributed by atoms with Crippen LogP contribution in [0.25, 0.3) is 0 Å². The molecule has 0 fully saturated rings. The summed E-state index contributed by atoms with van der Waals surface area (Å²) in [4.78, 5) is 28.6. The standard InChI is InChI=1S/C18H14F3NO4S2/c1-7-9(4-12(23)24)14-11(22-7)5-10(19)17(26-2)15(14)16(25)8-3-13(27-6-8)28-18(20)21/h3,6,18H,4-5H2,1-2H3,(H,23,24). The predicted molar refractivity (Wildman–Crippen MR) is 99.7 cm³/mol. The predicted octanol–water partition coefficient (Wildman–Crippen LogP) is 4.98. The van der Waals surface area contributed by atoms with Crippen molar-refractivity contribution in [3.8, 4) is 0 Å². The van der Waals surface area contributed by atoms with Gasteiger partial charge >= 0.3 is 5.97 Å². The van der Waals surface area contributed by atoms with E-state index in [9.17, 15) is 27.9 Å². The number of hydrogen-bond donors (Lipinski definition) is 1. The van der Waals surface area contributed by atoms with Crippen LogP contribution in [0.15, 0.2) is 54.7 Å². The normalized spacial score (nSPS) is 16.7. The topological polar surface area (TPSA) is 76.0 Å². The summed E-state index contributed by atoms with van der Waals surface area (Å²) in [5.74, 6) is -5.37. The monoisotopic (exact) mass is 429 g/mol. The molecule has 0 spiro atoms. The highest BCUT2D eigenvalue weighted by atomic mass is 32.2. The summed E-state index contributed by atoms with van der Waals surface area (Å²) in [5.41, 5.74) is 1.17. The Hall–Kier alpha value is -2.33. The van der Waals surface area contributed by atoms with Gasteiger partial charge in [-0.1, -0.05) is 0 Å². The number of carbonyl (C=O) groups excluding carboxylic acids is 1. The third kappa shape index (κ3) is 3.79. The van der Waals surface area contributed by atoms with Crippen molar-refractivity contribution in [1.29, 1.82) is 0 Å². The van der Waals surface area contributed by atoms with Crippen LogP contribution in [-0.4, -0.2) is 35.4 Å². The van der Waals surface area contributed by atoms with E-state index in [-0.39, 0.29) is 45.2 Å². The molecule has 0 atom stereocenters. The van der Waals surface area contributed by atoms with Crippen molar-refractivity contribution in [3.05, 3.63) is 51.0 Å². The molecule has 148 valence electrons. The van der Waals surface area contributed by atoms with Crippen molar-refractivity contribution in [1.82, 2.24) is 0 Å². The van der Waals surface area contributed by atoms with E-state index in [1.807, 2.05) is 0 Å². The number of Topliss-reactive ketones (excluding diaryl/α,β-unsaturated/α-hetero) is 1. The van der Waals surface area contributed by atoms with Gasteiger partial charge in [0.15, 0.2) is 11.5 Å². The Bertz CT molecular complexity index is 989. The number of hydrogen-bond acceptors (Lipinski definition) is 6. The molecule has 1 aromatic heterocycles. The smallest absolute Gasteiger partial charge is 0.307 e. The Morgan fingerprint density at radius 1 is 1.43 bits per heavy atom. The van der Waals surface area contributed by atoms with Crippen molar-refractivity contribution < 1.29 is 32.6 Å². The number of rotatable bonds is 7. The van der Waals surface area contributed by atoms with Crippen LogP contribution in [-0.2, 0) is 9.53 Å². The second-order valence-corrected chi connectivity index (χ2v) is 8.12. The average molecular weight is 429 g/mol. The number of halogens is 3. The zero-order valence-electron chi connectivity index (χ0n) is 14.7. The van der Waals surface area contributed by atoms with Gasteiger partial charge in [-0.05, 0) is 30.3 Å². The van der Waals surface area contributed by atoms with Crippen LogP contribution in [0.3, 0.4) is 0 Å². The summed E-state index contributed by atoms with van der Waals surface area (Å²) in [6, 6.07) is 1.30. The Morgan fingerprint density at radius 3 is 2.75 bits per heavy atom. The van der Waals surface area contributed by atoms with Crippen molar-refractivity contribution in [2.75, 3.05) is 7.11 Å². The van der Waals surface area contributed by atoms with Gasteiger partial charge in [0.25, 0.3) is 5.76 Å². The third-order valence-corrected chi connectivity index (χ3v) is 6.01. The fourth-order valence-corrected chi connectivity index (χ4v) is 4.68. The van der Waals surface area contributed by atoms with E-state index in [1.165, 1.54) is 18.6 Å². The lowest BCUT2D eigenvalue weighted by Crippen LogP contribution is -2.21. The first-order chi connectivity index (χ1) is 13.2. The summed E-state index contributed by atoms with van der Waals surface area (Å²) in [7, 11) is 1.21. The van der Waals surface area contributed by atoms with Gasteiger partial charge in [-0.3, -0.25) is 14.6 Å². The van der Waals surface area contributed by atoms with Crippen molar-refractivity contribution in [2.45, 2.75) is 29.7 Å². The highest BCUT2D eigenvalue weighted by Gasteiger charge is 2.37. The molecule has 10 heteroatoms. The Labute approximate surface area is 166 Å². The molecular formula is C18H14F3NO4S2. The first-order valence-electron chi connectivity index (χ1n) is 7.98. The van der Waals surface area contributed by atoms with E-state index in [2.05, 4.69) is 4.99 Å². The molecule has 2 heterocycles. The van der Waals surface area contributed by atoms with Gasteiger partial charge in [-0.25, -0.2) is 4.39 Å². The molecule has 1 N–H and O–H groups in total. The molecule has 1 aliphatic heterocycles. The third-order valence-electron chi connectivity index (χ3n) is 4.18. The van der Waals surface area contributed by atoms with Gasteiger partial charge in [-0.15, -0.1) is 11.3 Å². The molecule has 0 aromatic carbocycles. The van der Waals surface area contributed by atoms with Crippen LogP contribution in [0, 0.1) is 0 Å². The van der Waals surface area contributed by atoms with Crippen molar-refractivity contribution >= 4 is 40.6 Å². The number of ketones is 1. The quantitative estimate of drug-likeness (QED) is 0.489. The summed E-state index contributed by atoms with van der Waals surface area (Å²) < 4.78 is 45.0. The molecule has 3 rings (SSSR count). The molecule has 2 aliphatic rings. The Morgan fingerprint density at radius 2 is 2.14 bits per heavy atom. The van der Waals surface area contributed by atoms with Crippen LogP contribution in [0.5, 0.6) is 0 Å². The number of nitrogens with zero attached hydrogens (tertiary/aromatic N) is 1. The van der Waals surface area contributed by atoms with Crippen LogP contribution in [0.1, 0.15) is 30.1 Å². The number of methoxy groups -OCH3 is 1. The number of fused-ring (bicyclic) bond motifs is 1. The van der Waals surface area contributed by atoms with E-state index in [0.29, 0.717) is 23.0 Å². The molecule has 0 bridgehead atoms. The number of alkyl halides is 2. The zero-order chi connectivity index (χ0) is 20.6. The SMILES string of the molecule is COC1=C(F)CC2=NC(C)=C(CC(=O)O)C2=C1C(=O)c1csc(SC(F)F)c1. The lowest BCUT2D eigenvalue weighted by atomic mass is 9.85. The van der Waals surface area contributed by atoms with Gasteiger partial charge in [0, 0.05) is 28.6 Å². The van der Waals surface area contributed by atoms with Gasteiger partial charge in [0.2, 0.25) is 0 Å². The number of carbonyl (C=O) groups is 2. The number of carboxylic acid groups (broad SMARTS) is 1. The van der Waals surface area contributed by atoms with E-state index in [0.717, 1.165) is 11.3 Å². The molecular weight excluding hydrogens is 415 g/mol. The molecule has 5 nitrogen and oxygen atoms in total. The first-order valence-corrected chi connectivity index (χ1v) is 9.74. The average Bonchev–Trinajstić information content (AvgIpc) is 3.17. The fourth-order valence-electron chi connectivity index (χ4n) is 3.11. The summed E-state index contributed by atoms with van der Waals surface area (Å²) in [5, 5.41) is 10.6. The second kappa shape index (κ2) is 7.96. The van der Waals surface area contributed by atoms with Gasteiger partial charge < -0.3 is 9.84 Å². The summed E-state index contributed by atoms with van der Waals surface area (Å²) in [6.07, 6.45) is -0.606. The molecule has 28 heavy (non-hydrogen) atoms. The number of aliphatic carboxylic acids is 1. The Balaban J connectivity index is 2.13. The lowest BCUT2D eigenvalue weighted by molar-refractivity contribution is -0.136. The number of allylic oxidation sites excluding steroid dienone is 4. The maximum atomic E-state index is 14.6. The van der Waals surface area contributed by atoms with Crippen LogP contribution < -0.4 is 0 Å². The summed E-state index contributed by atoms with van der Waals surface area (Å²) in [6.45, 7) is 1.59. The number of carboxylic acids is 1. The minimum atomic E-state index is -2.63. The maximum absolute atomic E-state index is 14.6. The van der Waals surface area contributed by atoms with Gasteiger partial charge in [0.05, 0.1) is 29.0 Å².